The van der Waals surface area contributed by atoms with Crippen LogP contribution in [0.5, 0.6) is 5.75 Å². The fourth-order valence-corrected chi connectivity index (χ4v) is 2.68. The number of guanidine groups is 1. The Morgan fingerprint density at radius 2 is 2.11 bits per heavy atom. The van der Waals surface area contributed by atoms with Crippen LogP contribution >= 0.6 is 0 Å². The molecule has 6 heteroatoms. The minimum Gasteiger partial charge on any atom is -0.490 e. The molecule has 2 atom stereocenters. The van der Waals surface area contributed by atoms with Crippen molar-refractivity contribution in [3.05, 3.63) is 47.8 Å². The van der Waals surface area contributed by atoms with Gasteiger partial charge in [0.2, 0.25) is 0 Å². The van der Waals surface area contributed by atoms with Crippen LogP contribution in [-0.4, -0.2) is 35.4 Å². The van der Waals surface area contributed by atoms with E-state index in [1.54, 1.807) is 13.2 Å². The molecule has 1 aromatic heterocycles. The Balaban J connectivity index is 1.88. The predicted octanol–water partition coefficient (Wildman–Crippen LogP) is 3.37. The molecule has 2 rings (SSSR count). The molecule has 0 radical (unpaired) electrons. The van der Waals surface area contributed by atoms with Crippen molar-refractivity contribution in [2.24, 2.45) is 10.9 Å². The number of nitrogens with zero attached hydrogens (tertiary/aromatic N) is 3. The molecule has 148 valence electrons. The fourth-order valence-electron chi connectivity index (χ4n) is 2.68. The second-order valence-electron chi connectivity index (χ2n) is 7.09. The molecule has 0 spiro atoms. The van der Waals surface area contributed by atoms with Gasteiger partial charge in [0, 0.05) is 44.6 Å². The third kappa shape index (κ3) is 6.96. The largest absolute Gasteiger partial charge is 0.490 e. The smallest absolute Gasteiger partial charge is 0.191 e. The van der Waals surface area contributed by atoms with Gasteiger partial charge in [-0.3, -0.25) is 9.67 Å². The van der Waals surface area contributed by atoms with Crippen LogP contribution in [0, 0.1) is 12.8 Å². The summed E-state index contributed by atoms with van der Waals surface area (Å²) in [5.41, 5.74) is 2.33. The number of rotatable bonds is 9. The van der Waals surface area contributed by atoms with Gasteiger partial charge in [0.15, 0.2) is 5.96 Å². The lowest BCUT2D eigenvalue weighted by molar-refractivity contribution is 0.215. The Morgan fingerprint density at radius 1 is 1.30 bits per heavy atom. The minimum atomic E-state index is 0.200. The molecule has 0 saturated carbocycles. The molecular formula is C21H33N5O. The van der Waals surface area contributed by atoms with E-state index in [1.165, 1.54) is 5.56 Å². The standard InChI is InChI=1S/C21H33N5O/c1-6-18(4)27-20-12-16(2)8-9-19(20)14-24-21(22-5)23-13-17(3)15-26-11-7-10-25-26/h7-12,17-18H,6,13-15H2,1-5H3,(H2,22,23,24). The van der Waals surface area contributed by atoms with Crippen LogP contribution in [0.1, 0.15) is 38.3 Å². The average Bonchev–Trinajstić information content (AvgIpc) is 3.16. The minimum absolute atomic E-state index is 0.200. The Morgan fingerprint density at radius 3 is 2.78 bits per heavy atom. The first kappa shape index (κ1) is 20.8. The Hall–Kier alpha value is -2.50. The molecule has 0 bridgehead atoms. The molecule has 27 heavy (non-hydrogen) atoms. The van der Waals surface area contributed by atoms with Gasteiger partial charge in [-0.1, -0.05) is 26.0 Å². The Kier molecular flexibility index (Phi) is 8.17. The number of ether oxygens (including phenoxy) is 1. The maximum atomic E-state index is 6.09. The van der Waals surface area contributed by atoms with Gasteiger partial charge in [0.05, 0.1) is 6.10 Å². The lowest BCUT2D eigenvalue weighted by atomic mass is 10.1. The SMILES string of the molecule is CCC(C)Oc1cc(C)ccc1CNC(=NC)NCC(C)Cn1cccn1. The summed E-state index contributed by atoms with van der Waals surface area (Å²) in [4.78, 5) is 4.33. The second kappa shape index (κ2) is 10.6. The zero-order valence-corrected chi connectivity index (χ0v) is 17.2. The van der Waals surface area contributed by atoms with Crippen LogP contribution in [0.3, 0.4) is 0 Å². The zero-order valence-electron chi connectivity index (χ0n) is 17.2. The molecule has 0 fully saturated rings. The van der Waals surface area contributed by atoms with Crippen molar-refractivity contribution in [3.8, 4) is 5.75 Å². The van der Waals surface area contributed by atoms with Crippen LogP contribution in [0.2, 0.25) is 0 Å². The van der Waals surface area contributed by atoms with Crippen molar-refractivity contribution in [1.29, 1.82) is 0 Å². The van der Waals surface area contributed by atoms with Gasteiger partial charge in [-0.15, -0.1) is 0 Å². The molecule has 6 nitrogen and oxygen atoms in total. The van der Waals surface area contributed by atoms with E-state index in [4.69, 9.17) is 4.74 Å². The van der Waals surface area contributed by atoms with E-state index in [-0.39, 0.29) is 6.10 Å². The monoisotopic (exact) mass is 371 g/mol. The molecule has 2 N–H and O–H groups in total. The molecule has 1 aromatic carbocycles. The number of benzene rings is 1. The van der Waals surface area contributed by atoms with Gasteiger partial charge in [-0.2, -0.15) is 5.10 Å². The van der Waals surface area contributed by atoms with Crippen molar-refractivity contribution < 1.29 is 4.74 Å². The van der Waals surface area contributed by atoms with E-state index in [1.807, 2.05) is 16.9 Å². The highest BCUT2D eigenvalue weighted by Gasteiger charge is 2.10. The summed E-state index contributed by atoms with van der Waals surface area (Å²) in [6.07, 6.45) is 4.98. The quantitative estimate of drug-likeness (QED) is 0.524. The summed E-state index contributed by atoms with van der Waals surface area (Å²) < 4.78 is 8.04. The summed E-state index contributed by atoms with van der Waals surface area (Å²) in [7, 11) is 1.79. The van der Waals surface area contributed by atoms with E-state index in [9.17, 15) is 0 Å². The summed E-state index contributed by atoms with van der Waals surface area (Å²) in [6.45, 7) is 10.9. The maximum absolute atomic E-state index is 6.09. The summed E-state index contributed by atoms with van der Waals surface area (Å²) >= 11 is 0. The first-order valence-corrected chi connectivity index (χ1v) is 9.70. The maximum Gasteiger partial charge on any atom is 0.191 e. The molecule has 0 aliphatic heterocycles. The molecule has 1 heterocycles. The third-order valence-corrected chi connectivity index (χ3v) is 4.47. The number of aryl methyl sites for hydroxylation is 1. The lowest BCUT2D eigenvalue weighted by Gasteiger charge is -2.19. The van der Waals surface area contributed by atoms with E-state index >= 15 is 0 Å². The van der Waals surface area contributed by atoms with Crippen molar-refractivity contribution in [2.75, 3.05) is 13.6 Å². The second-order valence-corrected chi connectivity index (χ2v) is 7.09. The van der Waals surface area contributed by atoms with E-state index < -0.39 is 0 Å². The molecular weight excluding hydrogens is 338 g/mol. The van der Waals surface area contributed by atoms with Gasteiger partial charge in [-0.25, -0.2) is 0 Å². The normalized spacial score (nSPS) is 13.9. The lowest BCUT2D eigenvalue weighted by Crippen LogP contribution is -2.39. The Labute approximate surface area is 163 Å². The highest BCUT2D eigenvalue weighted by Crippen LogP contribution is 2.22. The molecule has 2 unspecified atom stereocenters. The highest BCUT2D eigenvalue weighted by atomic mass is 16.5. The number of aromatic nitrogens is 2. The van der Waals surface area contributed by atoms with Gasteiger partial charge in [-0.05, 0) is 43.9 Å². The van der Waals surface area contributed by atoms with Crippen LogP contribution < -0.4 is 15.4 Å². The fraction of sp³-hybridized carbons (Fsp3) is 0.524. The number of nitrogens with one attached hydrogen (secondary N) is 2. The van der Waals surface area contributed by atoms with E-state index in [2.05, 4.69) is 66.6 Å². The van der Waals surface area contributed by atoms with Gasteiger partial charge < -0.3 is 15.4 Å². The first-order valence-electron chi connectivity index (χ1n) is 9.70. The summed E-state index contributed by atoms with van der Waals surface area (Å²) in [6, 6.07) is 8.28. The van der Waals surface area contributed by atoms with Crippen LogP contribution in [-0.2, 0) is 13.1 Å². The predicted molar refractivity (Wildman–Crippen MR) is 111 cm³/mol. The van der Waals surface area contributed by atoms with Crippen LogP contribution in [0.25, 0.3) is 0 Å². The van der Waals surface area contributed by atoms with Gasteiger partial charge in [0.1, 0.15) is 5.75 Å². The van der Waals surface area contributed by atoms with E-state index in [0.717, 1.165) is 36.8 Å². The number of hydrogen-bond donors (Lipinski definition) is 2. The number of aliphatic imine (C=N–C) groups is 1. The van der Waals surface area contributed by atoms with Crippen LogP contribution in [0.15, 0.2) is 41.7 Å². The average molecular weight is 372 g/mol. The summed E-state index contributed by atoms with van der Waals surface area (Å²) in [5, 5.41) is 11.0. The Bertz CT molecular complexity index is 711. The molecule has 0 aliphatic rings. The van der Waals surface area contributed by atoms with Crippen molar-refractivity contribution in [1.82, 2.24) is 20.4 Å². The molecule has 0 aliphatic carbocycles. The van der Waals surface area contributed by atoms with Crippen LogP contribution in [0.4, 0.5) is 0 Å². The van der Waals surface area contributed by atoms with Gasteiger partial charge in [0.25, 0.3) is 0 Å². The zero-order chi connectivity index (χ0) is 19.6. The highest BCUT2D eigenvalue weighted by molar-refractivity contribution is 5.79. The van der Waals surface area contributed by atoms with Crippen molar-refractivity contribution >= 4 is 5.96 Å². The topological polar surface area (TPSA) is 63.5 Å². The molecule has 0 saturated heterocycles. The van der Waals surface area contributed by atoms with Crippen molar-refractivity contribution in [3.63, 3.8) is 0 Å². The summed E-state index contributed by atoms with van der Waals surface area (Å²) in [5.74, 6) is 2.17. The van der Waals surface area contributed by atoms with Gasteiger partial charge >= 0.3 is 0 Å². The first-order chi connectivity index (χ1) is 13.0. The third-order valence-electron chi connectivity index (χ3n) is 4.47. The molecule has 0 amide bonds. The van der Waals surface area contributed by atoms with E-state index in [0.29, 0.717) is 12.5 Å². The molecule has 2 aromatic rings. The number of hydrogen-bond acceptors (Lipinski definition) is 3. The van der Waals surface area contributed by atoms with Crippen molar-refractivity contribution in [2.45, 2.75) is 53.3 Å².